The predicted octanol–water partition coefficient (Wildman–Crippen LogP) is 2.40. The molecule has 0 fully saturated rings. The van der Waals surface area contributed by atoms with E-state index >= 15 is 0 Å². The van der Waals surface area contributed by atoms with Gasteiger partial charge >= 0.3 is 11.8 Å². The lowest BCUT2D eigenvalue weighted by atomic mass is 10.1. The molecule has 0 atom stereocenters. The minimum absolute atomic E-state index is 0.176. The highest BCUT2D eigenvalue weighted by molar-refractivity contribution is 5.93. The van der Waals surface area contributed by atoms with Crippen molar-refractivity contribution in [1.29, 1.82) is 0 Å². The van der Waals surface area contributed by atoms with Gasteiger partial charge in [-0.15, -0.1) is 0 Å². The van der Waals surface area contributed by atoms with Crippen molar-refractivity contribution in [2.45, 2.75) is 0 Å². The van der Waals surface area contributed by atoms with Crippen LogP contribution in [-0.2, 0) is 0 Å². The first-order chi connectivity index (χ1) is 12.7. The summed E-state index contributed by atoms with van der Waals surface area (Å²) in [5.41, 5.74) is 6.21. The first-order valence-corrected chi connectivity index (χ1v) is 7.56. The first kappa shape index (κ1) is 16.9. The standard InChI is InChI=1S/C18H14N4O4/c23-17(15-6-2-8-25-15)21-19-11-13-4-1-5-14(10-13)12-20-22-18(24)16-7-3-9-26-16/h1-12H,(H,21,23)(H,22,24)/b19-11-,20-12-. The Kier molecular flexibility index (Phi) is 5.36. The van der Waals surface area contributed by atoms with Crippen molar-refractivity contribution < 1.29 is 18.4 Å². The predicted molar refractivity (Wildman–Crippen MR) is 94.0 cm³/mol. The zero-order valence-electron chi connectivity index (χ0n) is 13.5. The van der Waals surface area contributed by atoms with E-state index in [9.17, 15) is 9.59 Å². The number of nitrogens with zero attached hydrogens (tertiary/aromatic N) is 2. The van der Waals surface area contributed by atoms with Gasteiger partial charge in [0, 0.05) is 0 Å². The van der Waals surface area contributed by atoms with E-state index in [1.165, 1.54) is 25.0 Å². The van der Waals surface area contributed by atoms with Gasteiger partial charge < -0.3 is 8.83 Å². The molecule has 0 radical (unpaired) electrons. The van der Waals surface area contributed by atoms with Crippen LogP contribution in [0.4, 0.5) is 0 Å². The van der Waals surface area contributed by atoms with Crippen LogP contribution in [0.2, 0.25) is 0 Å². The van der Waals surface area contributed by atoms with Crippen LogP contribution >= 0.6 is 0 Å². The fraction of sp³-hybridized carbons (Fsp3) is 0. The second-order valence-corrected chi connectivity index (χ2v) is 5.02. The van der Waals surface area contributed by atoms with Crippen LogP contribution in [0.25, 0.3) is 0 Å². The molecule has 0 bridgehead atoms. The van der Waals surface area contributed by atoms with E-state index in [0.717, 1.165) is 11.1 Å². The number of hydrazone groups is 2. The van der Waals surface area contributed by atoms with E-state index in [1.807, 2.05) is 0 Å². The van der Waals surface area contributed by atoms with Gasteiger partial charge in [0.25, 0.3) is 0 Å². The van der Waals surface area contributed by atoms with Crippen molar-refractivity contribution in [3.63, 3.8) is 0 Å². The van der Waals surface area contributed by atoms with Gasteiger partial charge in [0.1, 0.15) is 0 Å². The van der Waals surface area contributed by atoms with Gasteiger partial charge in [0.15, 0.2) is 11.5 Å². The van der Waals surface area contributed by atoms with Crippen molar-refractivity contribution in [3.05, 3.63) is 83.7 Å². The lowest BCUT2D eigenvalue weighted by Gasteiger charge is -1.98. The molecule has 0 aliphatic carbocycles. The maximum Gasteiger partial charge on any atom is 0.307 e. The molecular formula is C18H14N4O4. The molecule has 0 aliphatic rings. The number of carbonyl (C=O) groups is 2. The van der Waals surface area contributed by atoms with Crippen LogP contribution in [-0.4, -0.2) is 24.2 Å². The van der Waals surface area contributed by atoms with E-state index in [2.05, 4.69) is 21.1 Å². The Labute approximate surface area is 148 Å². The summed E-state index contributed by atoms with van der Waals surface area (Å²) in [6, 6.07) is 13.5. The van der Waals surface area contributed by atoms with Gasteiger partial charge in [-0.05, 0) is 41.5 Å². The fourth-order valence-corrected chi connectivity index (χ4v) is 1.98. The lowest BCUT2D eigenvalue weighted by Crippen LogP contribution is -2.17. The van der Waals surface area contributed by atoms with Crippen LogP contribution in [0, 0.1) is 0 Å². The highest BCUT2D eigenvalue weighted by Crippen LogP contribution is 2.02. The zero-order chi connectivity index (χ0) is 18.2. The van der Waals surface area contributed by atoms with Crippen LogP contribution in [0.5, 0.6) is 0 Å². The Morgan fingerprint density at radius 2 is 1.27 bits per heavy atom. The number of benzene rings is 1. The summed E-state index contributed by atoms with van der Waals surface area (Å²) < 4.78 is 9.93. The maximum absolute atomic E-state index is 11.7. The van der Waals surface area contributed by atoms with Gasteiger partial charge in [0.05, 0.1) is 25.0 Å². The van der Waals surface area contributed by atoms with Gasteiger partial charge in [-0.3, -0.25) is 9.59 Å². The van der Waals surface area contributed by atoms with Crippen molar-refractivity contribution in [2.75, 3.05) is 0 Å². The van der Waals surface area contributed by atoms with Crippen molar-refractivity contribution >= 4 is 24.2 Å². The second-order valence-electron chi connectivity index (χ2n) is 5.02. The number of amides is 2. The molecule has 0 saturated carbocycles. The number of carbonyl (C=O) groups excluding carboxylic acids is 2. The molecule has 26 heavy (non-hydrogen) atoms. The van der Waals surface area contributed by atoms with Gasteiger partial charge in [-0.25, -0.2) is 10.9 Å². The van der Waals surface area contributed by atoms with Crippen molar-refractivity contribution in [1.82, 2.24) is 10.9 Å². The second kappa shape index (κ2) is 8.25. The smallest absolute Gasteiger partial charge is 0.307 e. The zero-order valence-corrected chi connectivity index (χ0v) is 13.5. The summed E-state index contributed by atoms with van der Waals surface area (Å²) in [4.78, 5) is 23.4. The van der Waals surface area contributed by atoms with E-state index < -0.39 is 11.8 Å². The molecule has 3 rings (SSSR count). The first-order valence-electron chi connectivity index (χ1n) is 7.56. The molecule has 0 aliphatic heterocycles. The summed E-state index contributed by atoms with van der Waals surface area (Å²) >= 11 is 0. The normalized spacial score (nSPS) is 11.1. The third kappa shape index (κ3) is 4.54. The molecule has 8 heteroatoms. The Bertz CT molecular complexity index is 855. The summed E-state index contributed by atoms with van der Waals surface area (Å²) in [5, 5.41) is 7.74. The SMILES string of the molecule is O=C(N/N=C\c1cccc(/C=N\NC(=O)c2ccco2)c1)c1ccco1. The molecule has 0 unspecified atom stereocenters. The highest BCUT2D eigenvalue weighted by Gasteiger charge is 2.06. The maximum atomic E-state index is 11.7. The van der Waals surface area contributed by atoms with Crippen LogP contribution in [0.15, 0.2) is 80.1 Å². The Morgan fingerprint density at radius 3 is 1.69 bits per heavy atom. The van der Waals surface area contributed by atoms with E-state index in [0.29, 0.717) is 0 Å². The highest BCUT2D eigenvalue weighted by atomic mass is 16.3. The molecule has 8 nitrogen and oxygen atoms in total. The summed E-state index contributed by atoms with van der Waals surface area (Å²) in [6.07, 6.45) is 5.79. The molecule has 130 valence electrons. The molecule has 1 aromatic carbocycles. The largest absolute Gasteiger partial charge is 0.459 e. The molecule has 2 heterocycles. The molecule has 2 aromatic heterocycles. The quantitative estimate of drug-likeness (QED) is 0.525. The van der Waals surface area contributed by atoms with Crippen molar-refractivity contribution in [2.24, 2.45) is 10.2 Å². The Balaban J connectivity index is 1.56. The average molecular weight is 350 g/mol. The third-order valence-corrected chi connectivity index (χ3v) is 3.16. The minimum atomic E-state index is -0.440. The molecular weight excluding hydrogens is 336 g/mol. The molecule has 2 amide bonds. The van der Waals surface area contributed by atoms with Crippen LogP contribution in [0.1, 0.15) is 32.2 Å². The lowest BCUT2D eigenvalue weighted by molar-refractivity contribution is 0.0920. The molecule has 2 N–H and O–H groups in total. The molecule has 0 saturated heterocycles. The van der Waals surface area contributed by atoms with E-state index in [-0.39, 0.29) is 11.5 Å². The number of nitrogens with one attached hydrogen (secondary N) is 2. The van der Waals surface area contributed by atoms with Crippen LogP contribution < -0.4 is 10.9 Å². The minimum Gasteiger partial charge on any atom is -0.459 e. The topological polar surface area (TPSA) is 109 Å². The average Bonchev–Trinajstić information content (AvgIpc) is 3.36. The number of rotatable bonds is 6. The van der Waals surface area contributed by atoms with Gasteiger partial charge in [0.2, 0.25) is 0 Å². The Morgan fingerprint density at radius 1 is 0.769 bits per heavy atom. The number of furan rings is 2. The van der Waals surface area contributed by atoms with Gasteiger partial charge in [-0.2, -0.15) is 10.2 Å². The molecule has 0 spiro atoms. The van der Waals surface area contributed by atoms with E-state index in [1.54, 1.807) is 48.5 Å². The fourth-order valence-electron chi connectivity index (χ4n) is 1.98. The Hall–Kier alpha value is -3.94. The number of hydrogen-bond acceptors (Lipinski definition) is 6. The summed E-state index contributed by atoms with van der Waals surface area (Å²) in [5.74, 6) is -0.528. The monoisotopic (exact) mass is 350 g/mol. The summed E-state index contributed by atoms with van der Waals surface area (Å²) in [7, 11) is 0. The summed E-state index contributed by atoms with van der Waals surface area (Å²) in [6.45, 7) is 0. The van der Waals surface area contributed by atoms with Crippen LogP contribution in [0.3, 0.4) is 0 Å². The third-order valence-electron chi connectivity index (χ3n) is 3.16. The van der Waals surface area contributed by atoms with Gasteiger partial charge in [-0.1, -0.05) is 18.2 Å². The number of hydrogen-bond donors (Lipinski definition) is 2. The molecule has 3 aromatic rings. The van der Waals surface area contributed by atoms with Crippen molar-refractivity contribution in [3.8, 4) is 0 Å². The van der Waals surface area contributed by atoms with E-state index in [4.69, 9.17) is 8.83 Å².